The van der Waals surface area contributed by atoms with E-state index in [1.807, 2.05) is 13.0 Å². The van der Waals surface area contributed by atoms with E-state index in [1.165, 1.54) is 16.2 Å². The first-order valence-electron chi connectivity index (χ1n) is 6.21. The van der Waals surface area contributed by atoms with E-state index in [0.29, 0.717) is 4.88 Å². The summed E-state index contributed by atoms with van der Waals surface area (Å²) in [7, 11) is 0. The molecule has 2 heterocycles. The number of aryl methyl sites for hydroxylation is 1. The van der Waals surface area contributed by atoms with Gasteiger partial charge in [0, 0.05) is 18.0 Å². The lowest BCUT2D eigenvalue weighted by Crippen LogP contribution is -2.48. The van der Waals surface area contributed by atoms with E-state index in [9.17, 15) is 14.4 Å². The highest BCUT2D eigenvalue weighted by atomic mass is 32.1. The molecule has 1 amide bonds. The number of nitrogens with zero attached hydrogens (tertiary/aromatic N) is 1. The lowest BCUT2D eigenvalue weighted by atomic mass is 9.85. The van der Waals surface area contributed by atoms with Gasteiger partial charge in [-0.25, -0.2) is 0 Å². The summed E-state index contributed by atoms with van der Waals surface area (Å²) < 4.78 is 0. The summed E-state index contributed by atoms with van der Waals surface area (Å²) in [4.78, 5) is 37.5. The molecular weight excluding hydrogens is 282 g/mol. The van der Waals surface area contributed by atoms with Crippen LogP contribution in [0.1, 0.15) is 21.0 Å². The number of thiophene rings is 1. The first-order valence-corrected chi connectivity index (χ1v) is 7.03. The van der Waals surface area contributed by atoms with Crippen molar-refractivity contribution in [2.24, 2.45) is 11.8 Å². The van der Waals surface area contributed by atoms with Crippen LogP contribution in [-0.4, -0.2) is 46.0 Å². The summed E-state index contributed by atoms with van der Waals surface area (Å²) in [5.41, 5.74) is 0. The fraction of sp³-hybridized carbons (Fsp3) is 0.462. The number of hydrogen-bond donors (Lipinski definition) is 2. The van der Waals surface area contributed by atoms with Crippen molar-refractivity contribution in [2.45, 2.75) is 13.3 Å². The van der Waals surface area contributed by atoms with E-state index in [1.54, 1.807) is 6.07 Å². The van der Waals surface area contributed by atoms with Crippen LogP contribution in [0.2, 0.25) is 0 Å². The molecule has 0 radical (unpaired) electrons. The first-order chi connectivity index (χ1) is 9.40. The van der Waals surface area contributed by atoms with Crippen LogP contribution in [0.15, 0.2) is 12.1 Å². The molecule has 2 rings (SSSR count). The molecule has 2 unspecified atom stereocenters. The third-order valence-corrected chi connectivity index (χ3v) is 4.47. The van der Waals surface area contributed by atoms with Crippen molar-refractivity contribution in [2.75, 3.05) is 13.1 Å². The van der Waals surface area contributed by atoms with Crippen LogP contribution >= 0.6 is 11.3 Å². The Morgan fingerprint density at radius 2 is 1.85 bits per heavy atom. The number of aliphatic carboxylic acids is 2. The molecule has 1 aromatic rings. The van der Waals surface area contributed by atoms with E-state index in [0.717, 1.165) is 4.88 Å². The van der Waals surface area contributed by atoms with Crippen molar-refractivity contribution in [3.8, 4) is 0 Å². The van der Waals surface area contributed by atoms with Crippen LogP contribution in [0.3, 0.4) is 0 Å². The minimum absolute atomic E-state index is 0.0535. The van der Waals surface area contributed by atoms with Gasteiger partial charge in [0.1, 0.15) is 0 Å². The highest BCUT2D eigenvalue weighted by Crippen LogP contribution is 2.27. The summed E-state index contributed by atoms with van der Waals surface area (Å²) in [5, 5.41) is 18.2. The maximum Gasteiger partial charge on any atom is 0.309 e. The molecule has 1 saturated heterocycles. The van der Waals surface area contributed by atoms with Crippen molar-refractivity contribution in [1.82, 2.24) is 4.90 Å². The quantitative estimate of drug-likeness (QED) is 0.877. The standard InChI is InChI=1S/C13H15NO5S/c1-7-2-3-10(20-7)11(15)14-5-4-8(12(16)17)9(6-14)13(18)19/h2-3,8-9H,4-6H2,1H3,(H,16,17)(H,18,19). The van der Waals surface area contributed by atoms with Crippen LogP contribution in [0, 0.1) is 18.8 Å². The number of amides is 1. The monoisotopic (exact) mass is 297 g/mol. The zero-order valence-corrected chi connectivity index (χ0v) is 11.7. The summed E-state index contributed by atoms with van der Waals surface area (Å²) in [6.07, 6.45) is 0.169. The number of carbonyl (C=O) groups excluding carboxylic acids is 1. The Morgan fingerprint density at radius 1 is 1.20 bits per heavy atom. The smallest absolute Gasteiger partial charge is 0.309 e. The Labute approximate surface area is 119 Å². The van der Waals surface area contributed by atoms with Gasteiger partial charge in [0.05, 0.1) is 16.7 Å². The van der Waals surface area contributed by atoms with E-state index < -0.39 is 23.8 Å². The van der Waals surface area contributed by atoms with Crippen molar-refractivity contribution in [3.05, 3.63) is 21.9 Å². The van der Waals surface area contributed by atoms with Gasteiger partial charge in [0.25, 0.3) is 5.91 Å². The largest absolute Gasteiger partial charge is 0.481 e. The molecule has 108 valence electrons. The maximum absolute atomic E-state index is 12.3. The van der Waals surface area contributed by atoms with Crippen molar-refractivity contribution in [3.63, 3.8) is 0 Å². The Bertz CT molecular complexity index is 553. The molecule has 1 aromatic heterocycles. The molecule has 2 N–H and O–H groups in total. The molecule has 1 aliphatic rings. The highest BCUT2D eigenvalue weighted by Gasteiger charge is 2.40. The molecule has 0 aliphatic carbocycles. The number of carboxylic acids is 2. The molecule has 20 heavy (non-hydrogen) atoms. The van der Waals surface area contributed by atoms with Crippen LogP contribution < -0.4 is 0 Å². The predicted octanol–water partition coefficient (Wildman–Crippen LogP) is 1.30. The highest BCUT2D eigenvalue weighted by molar-refractivity contribution is 7.13. The van der Waals surface area contributed by atoms with Crippen LogP contribution in [0.4, 0.5) is 0 Å². The average molecular weight is 297 g/mol. The lowest BCUT2D eigenvalue weighted by molar-refractivity contribution is -0.156. The Morgan fingerprint density at radius 3 is 2.35 bits per heavy atom. The topological polar surface area (TPSA) is 94.9 Å². The van der Waals surface area contributed by atoms with E-state index >= 15 is 0 Å². The van der Waals surface area contributed by atoms with Gasteiger partial charge in [-0.1, -0.05) is 0 Å². The zero-order valence-electron chi connectivity index (χ0n) is 10.9. The maximum atomic E-state index is 12.3. The van der Waals surface area contributed by atoms with Gasteiger partial charge in [0.2, 0.25) is 0 Å². The molecule has 0 aromatic carbocycles. The van der Waals surface area contributed by atoms with Gasteiger partial charge in [-0.2, -0.15) is 0 Å². The summed E-state index contributed by atoms with van der Waals surface area (Å²) in [6.45, 7) is 2.11. The Kier molecular flexibility index (Phi) is 4.08. The van der Waals surface area contributed by atoms with Gasteiger partial charge in [-0.3, -0.25) is 14.4 Å². The van der Waals surface area contributed by atoms with E-state index in [-0.39, 0.29) is 25.4 Å². The second-order valence-corrected chi connectivity index (χ2v) is 6.13. The molecule has 0 spiro atoms. The molecular formula is C13H15NO5S. The third-order valence-electron chi connectivity index (χ3n) is 3.49. The molecule has 7 heteroatoms. The molecule has 1 fully saturated rings. The number of likely N-dealkylation sites (tertiary alicyclic amines) is 1. The summed E-state index contributed by atoms with van der Waals surface area (Å²) in [6, 6.07) is 3.54. The fourth-order valence-corrected chi connectivity index (χ4v) is 3.22. The zero-order chi connectivity index (χ0) is 14.9. The van der Waals surface area contributed by atoms with Gasteiger partial charge in [-0.15, -0.1) is 11.3 Å². The Balaban J connectivity index is 2.14. The molecule has 2 atom stereocenters. The minimum Gasteiger partial charge on any atom is -0.481 e. The molecule has 6 nitrogen and oxygen atoms in total. The molecule has 0 bridgehead atoms. The van der Waals surface area contributed by atoms with Crippen molar-refractivity contribution >= 4 is 29.2 Å². The second kappa shape index (κ2) is 5.62. The van der Waals surface area contributed by atoms with Gasteiger partial charge in [-0.05, 0) is 25.5 Å². The third kappa shape index (κ3) is 2.82. The average Bonchev–Trinajstić information content (AvgIpc) is 2.83. The summed E-state index contributed by atoms with van der Waals surface area (Å²) >= 11 is 1.35. The van der Waals surface area contributed by atoms with Gasteiger partial charge in [0.15, 0.2) is 0 Å². The summed E-state index contributed by atoms with van der Waals surface area (Å²) in [5.74, 6) is -4.49. The lowest BCUT2D eigenvalue weighted by Gasteiger charge is -2.34. The Hall–Kier alpha value is -1.89. The molecule has 0 saturated carbocycles. The van der Waals surface area contributed by atoms with Crippen LogP contribution in [0.25, 0.3) is 0 Å². The number of piperidine rings is 1. The number of rotatable bonds is 3. The number of carboxylic acid groups (broad SMARTS) is 2. The number of hydrogen-bond acceptors (Lipinski definition) is 4. The van der Waals surface area contributed by atoms with Crippen molar-refractivity contribution in [1.29, 1.82) is 0 Å². The first kappa shape index (κ1) is 14.5. The normalized spacial score (nSPS) is 22.6. The minimum atomic E-state index is -1.17. The van der Waals surface area contributed by atoms with E-state index in [2.05, 4.69) is 0 Å². The fourth-order valence-electron chi connectivity index (χ4n) is 2.39. The van der Waals surface area contributed by atoms with Crippen LogP contribution in [0.5, 0.6) is 0 Å². The predicted molar refractivity (Wildman–Crippen MR) is 71.8 cm³/mol. The number of carbonyl (C=O) groups is 3. The van der Waals surface area contributed by atoms with Crippen LogP contribution in [-0.2, 0) is 9.59 Å². The van der Waals surface area contributed by atoms with Gasteiger partial charge < -0.3 is 15.1 Å². The van der Waals surface area contributed by atoms with E-state index in [4.69, 9.17) is 10.2 Å². The molecule has 1 aliphatic heterocycles. The van der Waals surface area contributed by atoms with Gasteiger partial charge >= 0.3 is 11.9 Å². The van der Waals surface area contributed by atoms with Crippen molar-refractivity contribution < 1.29 is 24.6 Å². The SMILES string of the molecule is Cc1ccc(C(=O)N2CCC(C(=O)O)C(C(=O)O)C2)s1. The second-order valence-electron chi connectivity index (χ2n) is 4.84.